The highest BCUT2D eigenvalue weighted by molar-refractivity contribution is 6.39. The molecule has 0 unspecified atom stereocenters. The van der Waals surface area contributed by atoms with Gasteiger partial charge >= 0.3 is 11.8 Å². The average Bonchev–Trinajstić information content (AvgIpc) is 2.74. The first kappa shape index (κ1) is 20.4. The van der Waals surface area contributed by atoms with Crippen LogP contribution in [0, 0.1) is 17.6 Å². The maximum Gasteiger partial charge on any atom is 0.313 e. The van der Waals surface area contributed by atoms with Gasteiger partial charge in [0.05, 0.1) is 5.69 Å². The second-order valence-electron chi connectivity index (χ2n) is 6.76. The van der Waals surface area contributed by atoms with E-state index in [4.69, 9.17) is 0 Å². The molecule has 1 aliphatic rings. The molecule has 2 N–H and O–H groups in total. The lowest BCUT2D eigenvalue weighted by molar-refractivity contribution is -0.136. The number of nitrogens with one attached hydrogen (secondary N) is 2. The third kappa shape index (κ3) is 5.34. The summed E-state index contributed by atoms with van der Waals surface area (Å²) in [4.78, 5) is 41.9. The Morgan fingerprint density at radius 1 is 1.03 bits per heavy atom. The van der Waals surface area contributed by atoms with Crippen molar-refractivity contribution in [2.75, 3.05) is 25.0 Å². The van der Waals surface area contributed by atoms with E-state index in [1.54, 1.807) is 29.4 Å². The van der Waals surface area contributed by atoms with Crippen LogP contribution in [0.3, 0.4) is 0 Å². The number of piperidine rings is 1. The highest BCUT2D eigenvalue weighted by Crippen LogP contribution is 2.18. The van der Waals surface area contributed by atoms with Crippen molar-refractivity contribution in [3.05, 3.63) is 59.9 Å². The molecule has 1 saturated heterocycles. The number of halogens is 2. The van der Waals surface area contributed by atoms with Gasteiger partial charge in [0.25, 0.3) is 5.91 Å². The molecule has 1 fully saturated rings. The third-order valence-corrected chi connectivity index (χ3v) is 4.77. The van der Waals surface area contributed by atoms with E-state index >= 15 is 0 Å². The molecule has 0 bridgehead atoms. The molecule has 29 heavy (non-hydrogen) atoms. The molecule has 2 aromatic rings. The summed E-state index contributed by atoms with van der Waals surface area (Å²) in [6.07, 6.45) is 4.51. The number of anilines is 1. The van der Waals surface area contributed by atoms with E-state index < -0.39 is 23.4 Å². The number of carbonyl (C=O) groups excluding carboxylic acids is 3. The van der Waals surface area contributed by atoms with Crippen LogP contribution < -0.4 is 10.6 Å². The minimum absolute atomic E-state index is 0.0596. The van der Waals surface area contributed by atoms with Crippen molar-refractivity contribution in [2.24, 2.45) is 5.92 Å². The summed E-state index contributed by atoms with van der Waals surface area (Å²) in [5.74, 6) is -3.60. The van der Waals surface area contributed by atoms with Gasteiger partial charge in [0.15, 0.2) is 0 Å². The monoisotopic (exact) mass is 402 g/mol. The Morgan fingerprint density at radius 2 is 1.72 bits per heavy atom. The molecule has 0 atom stereocenters. The Morgan fingerprint density at radius 3 is 2.38 bits per heavy atom. The van der Waals surface area contributed by atoms with Gasteiger partial charge in [0, 0.05) is 43.7 Å². The molecule has 0 aliphatic carbocycles. The Bertz CT molecular complexity index is 900. The van der Waals surface area contributed by atoms with E-state index in [9.17, 15) is 23.2 Å². The second kappa shape index (κ2) is 9.22. The molecule has 0 saturated carbocycles. The summed E-state index contributed by atoms with van der Waals surface area (Å²) in [7, 11) is 0. The number of hydrogen-bond acceptors (Lipinski definition) is 4. The zero-order valence-electron chi connectivity index (χ0n) is 15.5. The normalized spacial score (nSPS) is 14.3. The molecule has 9 heteroatoms. The van der Waals surface area contributed by atoms with Crippen LogP contribution in [0.15, 0.2) is 42.7 Å². The molecule has 0 radical (unpaired) electrons. The van der Waals surface area contributed by atoms with Gasteiger partial charge in [-0.3, -0.25) is 19.4 Å². The molecule has 2 heterocycles. The van der Waals surface area contributed by atoms with Crippen LogP contribution in [-0.4, -0.2) is 47.2 Å². The SMILES string of the molecule is O=C(NCC1CCN(C(=O)c2ccncc2)CC1)C(=O)Nc1ccc(F)cc1F. The minimum Gasteiger partial charge on any atom is -0.348 e. The van der Waals surface area contributed by atoms with Gasteiger partial charge in [-0.25, -0.2) is 8.78 Å². The number of nitrogens with zero attached hydrogens (tertiary/aromatic N) is 2. The Hall–Kier alpha value is -3.36. The van der Waals surface area contributed by atoms with Crippen LogP contribution in [0.4, 0.5) is 14.5 Å². The first-order valence-electron chi connectivity index (χ1n) is 9.17. The predicted molar refractivity (Wildman–Crippen MR) is 101 cm³/mol. The number of hydrogen-bond donors (Lipinski definition) is 2. The Kier molecular flexibility index (Phi) is 6.48. The standard InChI is InChI=1S/C20H20F2N4O3/c21-15-1-2-17(16(22)11-15)25-19(28)18(27)24-12-13-5-9-26(10-6-13)20(29)14-3-7-23-8-4-14/h1-4,7-8,11,13H,5-6,9-10,12H2,(H,24,27)(H,25,28). The van der Waals surface area contributed by atoms with Crippen LogP contribution in [0.2, 0.25) is 0 Å². The number of amides is 3. The maximum atomic E-state index is 13.6. The van der Waals surface area contributed by atoms with Crippen molar-refractivity contribution < 1.29 is 23.2 Å². The van der Waals surface area contributed by atoms with Crippen molar-refractivity contribution in [1.29, 1.82) is 0 Å². The molecule has 7 nitrogen and oxygen atoms in total. The summed E-state index contributed by atoms with van der Waals surface area (Å²) in [5, 5.41) is 4.63. The highest BCUT2D eigenvalue weighted by Gasteiger charge is 2.25. The Balaban J connectivity index is 1.43. The largest absolute Gasteiger partial charge is 0.348 e. The van der Waals surface area contributed by atoms with E-state index in [0.717, 1.165) is 12.1 Å². The summed E-state index contributed by atoms with van der Waals surface area (Å²) in [6, 6.07) is 5.98. The summed E-state index contributed by atoms with van der Waals surface area (Å²) in [6.45, 7) is 1.37. The fraction of sp³-hybridized carbons (Fsp3) is 0.300. The van der Waals surface area contributed by atoms with Crippen molar-refractivity contribution in [2.45, 2.75) is 12.8 Å². The van der Waals surface area contributed by atoms with Crippen molar-refractivity contribution >= 4 is 23.4 Å². The molecule has 152 valence electrons. The van der Waals surface area contributed by atoms with Gasteiger partial charge in [-0.05, 0) is 43.0 Å². The van der Waals surface area contributed by atoms with Gasteiger partial charge < -0.3 is 15.5 Å². The molecule has 3 rings (SSSR count). The number of benzene rings is 1. The molecule has 1 aromatic heterocycles. The molecule has 0 spiro atoms. The van der Waals surface area contributed by atoms with E-state index in [2.05, 4.69) is 15.6 Å². The second-order valence-corrected chi connectivity index (χ2v) is 6.76. The van der Waals surface area contributed by atoms with Crippen LogP contribution in [0.5, 0.6) is 0 Å². The number of rotatable bonds is 4. The third-order valence-electron chi connectivity index (χ3n) is 4.77. The summed E-state index contributed by atoms with van der Waals surface area (Å²) < 4.78 is 26.4. The molecular formula is C20H20F2N4O3. The van der Waals surface area contributed by atoms with Crippen LogP contribution in [-0.2, 0) is 9.59 Å². The van der Waals surface area contributed by atoms with E-state index in [1.807, 2.05) is 0 Å². The van der Waals surface area contributed by atoms with E-state index in [-0.39, 0.29) is 24.1 Å². The minimum atomic E-state index is -1.03. The predicted octanol–water partition coefficient (Wildman–Crippen LogP) is 1.97. The lowest BCUT2D eigenvalue weighted by atomic mass is 9.96. The van der Waals surface area contributed by atoms with Crippen molar-refractivity contribution in [1.82, 2.24) is 15.2 Å². The first-order valence-corrected chi connectivity index (χ1v) is 9.17. The molecule has 1 aromatic carbocycles. The smallest absolute Gasteiger partial charge is 0.313 e. The number of pyridine rings is 1. The maximum absolute atomic E-state index is 13.6. The zero-order valence-corrected chi connectivity index (χ0v) is 15.5. The number of aromatic nitrogens is 1. The van der Waals surface area contributed by atoms with E-state index in [0.29, 0.717) is 37.6 Å². The average molecular weight is 402 g/mol. The summed E-state index contributed by atoms with van der Waals surface area (Å²) >= 11 is 0. The van der Waals surface area contributed by atoms with Gasteiger partial charge in [0.2, 0.25) is 0 Å². The quantitative estimate of drug-likeness (QED) is 0.765. The van der Waals surface area contributed by atoms with Gasteiger partial charge in [-0.1, -0.05) is 0 Å². The van der Waals surface area contributed by atoms with Gasteiger partial charge in [-0.2, -0.15) is 0 Å². The van der Waals surface area contributed by atoms with Crippen LogP contribution in [0.25, 0.3) is 0 Å². The lowest BCUT2D eigenvalue weighted by Crippen LogP contribution is -2.43. The topological polar surface area (TPSA) is 91.4 Å². The van der Waals surface area contributed by atoms with Gasteiger partial charge in [-0.15, -0.1) is 0 Å². The first-order chi connectivity index (χ1) is 13.9. The molecule has 3 amide bonds. The van der Waals surface area contributed by atoms with E-state index in [1.165, 1.54) is 0 Å². The number of likely N-dealkylation sites (tertiary alicyclic amines) is 1. The van der Waals surface area contributed by atoms with Gasteiger partial charge in [0.1, 0.15) is 11.6 Å². The van der Waals surface area contributed by atoms with Crippen molar-refractivity contribution in [3.8, 4) is 0 Å². The lowest BCUT2D eigenvalue weighted by Gasteiger charge is -2.32. The fourth-order valence-electron chi connectivity index (χ4n) is 3.10. The zero-order chi connectivity index (χ0) is 20.8. The summed E-state index contributed by atoms with van der Waals surface area (Å²) in [5.41, 5.74) is 0.311. The Labute approximate surface area is 166 Å². The van der Waals surface area contributed by atoms with Crippen LogP contribution >= 0.6 is 0 Å². The number of carbonyl (C=O) groups is 3. The van der Waals surface area contributed by atoms with Crippen molar-refractivity contribution in [3.63, 3.8) is 0 Å². The molecular weight excluding hydrogens is 382 g/mol. The fourth-order valence-corrected chi connectivity index (χ4v) is 3.10. The highest BCUT2D eigenvalue weighted by atomic mass is 19.1. The van der Waals surface area contributed by atoms with Crippen LogP contribution in [0.1, 0.15) is 23.2 Å². The molecule has 1 aliphatic heterocycles.